The van der Waals surface area contributed by atoms with Gasteiger partial charge in [-0.1, -0.05) is 51.2 Å². The van der Waals surface area contributed by atoms with Crippen LogP contribution in [0.15, 0.2) is 12.2 Å². The molecule has 0 fully saturated rings. The topological polar surface area (TPSA) is 66.4 Å². The fourth-order valence-corrected chi connectivity index (χ4v) is 2.90. The highest BCUT2D eigenvalue weighted by molar-refractivity contribution is 5.75. The third-order valence-electron chi connectivity index (χ3n) is 4.49. The second-order valence-corrected chi connectivity index (χ2v) is 7.83. The van der Waals surface area contributed by atoms with Crippen molar-refractivity contribution in [2.45, 2.75) is 77.6 Å². The molecule has 1 amide bonds. The number of hydrogen-bond acceptors (Lipinski definition) is 2. The molecule has 0 saturated heterocycles. The molecule has 0 bridgehead atoms. The summed E-state index contributed by atoms with van der Waals surface area (Å²) >= 11 is 0. The molecule has 26 heavy (non-hydrogen) atoms. The monoisotopic (exact) mass is 369 g/mol. The average Bonchev–Trinajstić information content (AvgIpc) is 2.55. The highest BCUT2D eigenvalue weighted by Crippen LogP contribution is 2.08. The lowest BCUT2D eigenvalue weighted by atomic mass is 10.1. The normalized spacial score (nSPS) is 11.8. The number of carboxylic acid groups (broad SMARTS) is 1. The van der Waals surface area contributed by atoms with Crippen LogP contribution in [0.4, 0.5) is 0 Å². The molecular formula is C21H41N2O3+. The van der Waals surface area contributed by atoms with Crippen molar-refractivity contribution in [1.29, 1.82) is 0 Å². The first-order chi connectivity index (χ1) is 12.4. The number of nitrogens with one attached hydrogen (secondary N) is 1. The van der Waals surface area contributed by atoms with Gasteiger partial charge in [0.15, 0.2) is 6.54 Å². The van der Waals surface area contributed by atoms with E-state index in [0.717, 1.165) is 25.8 Å². The van der Waals surface area contributed by atoms with Crippen LogP contribution in [0.2, 0.25) is 0 Å². The van der Waals surface area contributed by atoms with E-state index in [9.17, 15) is 9.59 Å². The Morgan fingerprint density at radius 1 is 0.923 bits per heavy atom. The molecular weight excluding hydrogens is 328 g/mol. The number of quaternary nitrogens is 1. The Balaban J connectivity index is 3.44. The Bertz CT molecular complexity index is 406. The first-order valence-corrected chi connectivity index (χ1v) is 10.3. The first-order valence-electron chi connectivity index (χ1n) is 10.3. The first kappa shape index (κ1) is 24.6. The summed E-state index contributed by atoms with van der Waals surface area (Å²) < 4.78 is 0.443. The summed E-state index contributed by atoms with van der Waals surface area (Å²) in [6, 6.07) is 0. The van der Waals surface area contributed by atoms with Gasteiger partial charge in [-0.3, -0.25) is 4.79 Å². The molecule has 0 aliphatic carbocycles. The largest absolute Gasteiger partial charge is 0.477 e. The highest BCUT2D eigenvalue weighted by atomic mass is 16.4. The van der Waals surface area contributed by atoms with Crippen LogP contribution in [0, 0.1) is 0 Å². The summed E-state index contributed by atoms with van der Waals surface area (Å²) in [5, 5.41) is 11.8. The number of amides is 1. The molecule has 2 N–H and O–H groups in total. The van der Waals surface area contributed by atoms with Crippen LogP contribution >= 0.6 is 0 Å². The van der Waals surface area contributed by atoms with Gasteiger partial charge >= 0.3 is 5.97 Å². The van der Waals surface area contributed by atoms with Crippen LogP contribution in [0.1, 0.15) is 77.6 Å². The van der Waals surface area contributed by atoms with Crippen molar-refractivity contribution in [2.75, 3.05) is 33.7 Å². The van der Waals surface area contributed by atoms with E-state index in [1.54, 1.807) is 0 Å². The van der Waals surface area contributed by atoms with E-state index < -0.39 is 5.97 Å². The Kier molecular flexibility index (Phi) is 15.0. The molecule has 152 valence electrons. The zero-order chi connectivity index (χ0) is 19.7. The van der Waals surface area contributed by atoms with Crippen molar-refractivity contribution < 1.29 is 19.2 Å². The molecule has 0 radical (unpaired) electrons. The summed E-state index contributed by atoms with van der Waals surface area (Å²) in [6.45, 7) is 3.71. The molecule has 0 aromatic rings. The van der Waals surface area contributed by atoms with Gasteiger partial charge in [-0.2, -0.15) is 0 Å². The third-order valence-corrected chi connectivity index (χ3v) is 4.49. The maximum Gasteiger partial charge on any atom is 0.359 e. The predicted octanol–water partition coefficient (Wildman–Crippen LogP) is 4.13. The number of carboxylic acids is 1. The molecule has 0 heterocycles. The average molecular weight is 370 g/mol. The smallest absolute Gasteiger partial charge is 0.359 e. The number of unbranched alkanes of at least 4 members (excludes halogenated alkanes) is 7. The van der Waals surface area contributed by atoms with Crippen LogP contribution in [0.5, 0.6) is 0 Å². The number of hydrogen-bond donors (Lipinski definition) is 2. The van der Waals surface area contributed by atoms with E-state index in [2.05, 4.69) is 24.4 Å². The van der Waals surface area contributed by atoms with Crippen molar-refractivity contribution >= 4 is 11.9 Å². The molecule has 0 rings (SSSR count). The van der Waals surface area contributed by atoms with Gasteiger partial charge in [0.05, 0.1) is 20.6 Å². The second kappa shape index (κ2) is 15.9. The zero-order valence-corrected chi connectivity index (χ0v) is 17.3. The van der Waals surface area contributed by atoms with Gasteiger partial charge in [-0.15, -0.1) is 0 Å². The van der Waals surface area contributed by atoms with E-state index in [-0.39, 0.29) is 12.5 Å². The van der Waals surface area contributed by atoms with Crippen molar-refractivity contribution in [3.63, 3.8) is 0 Å². The highest BCUT2D eigenvalue weighted by Gasteiger charge is 2.18. The number of nitrogens with zero attached hydrogens (tertiary/aromatic N) is 1. The molecule has 0 spiro atoms. The molecule has 0 unspecified atom stereocenters. The third kappa shape index (κ3) is 17.5. The van der Waals surface area contributed by atoms with E-state index in [4.69, 9.17) is 5.11 Å². The Morgan fingerprint density at radius 3 is 2.19 bits per heavy atom. The molecule has 0 aromatic carbocycles. The molecule has 5 nitrogen and oxygen atoms in total. The fraction of sp³-hybridized carbons (Fsp3) is 0.810. The minimum Gasteiger partial charge on any atom is -0.477 e. The lowest BCUT2D eigenvalue weighted by Crippen LogP contribution is -2.45. The Morgan fingerprint density at radius 2 is 1.54 bits per heavy atom. The number of carbonyl (C=O) groups excluding carboxylic acids is 1. The van der Waals surface area contributed by atoms with Crippen molar-refractivity contribution in [3.05, 3.63) is 12.2 Å². The molecule has 0 aliphatic rings. The van der Waals surface area contributed by atoms with Crippen LogP contribution in [-0.4, -0.2) is 55.2 Å². The number of likely N-dealkylation sites (N-methyl/N-ethyl adjacent to an activating group) is 1. The zero-order valence-electron chi connectivity index (χ0n) is 17.3. The molecule has 0 atom stereocenters. The number of aliphatic carboxylic acids is 1. The maximum absolute atomic E-state index is 11.8. The van der Waals surface area contributed by atoms with Gasteiger partial charge in [0.2, 0.25) is 5.91 Å². The Labute approximate surface area is 160 Å². The summed E-state index contributed by atoms with van der Waals surface area (Å²) in [4.78, 5) is 22.5. The van der Waals surface area contributed by atoms with Gasteiger partial charge in [-0.25, -0.2) is 4.79 Å². The number of carbonyl (C=O) groups is 2. The van der Waals surface area contributed by atoms with Crippen LogP contribution in [0.25, 0.3) is 0 Å². The minimum atomic E-state index is -0.786. The molecule has 0 saturated carbocycles. The van der Waals surface area contributed by atoms with Crippen molar-refractivity contribution in [1.82, 2.24) is 5.32 Å². The predicted molar refractivity (Wildman–Crippen MR) is 108 cm³/mol. The standard InChI is InChI=1S/C21H40N2O3/c1-4-5-6-7-8-9-10-11-12-13-14-16-20(24)22-17-15-18-23(2,3)19-21(25)26/h7-8H,4-6,9-19H2,1-3H3,(H-,22,24,25,26)/p+1. The van der Waals surface area contributed by atoms with Crippen LogP contribution in [0.3, 0.4) is 0 Å². The summed E-state index contributed by atoms with van der Waals surface area (Å²) in [5.74, 6) is -0.668. The quantitative estimate of drug-likeness (QED) is 0.230. The van der Waals surface area contributed by atoms with Gasteiger partial charge in [-0.05, 0) is 25.7 Å². The molecule has 5 heteroatoms. The van der Waals surface area contributed by atoms with Gasteiger partial charge < -0.3 is 14.9 Å². The van der Waals surface area contributed by atoms with Crippen molar-refractivity contribution in [3.8, 4) is 0 Å². The lowest BCUT2D eigenvalue weighted by Gasteiger charge is -2.27. The van der Waals surface area contributed by atoms with E-state index in [1.807, 2.05) is 14.1 Å². The van der Waals surface area contributed by atoms with Crippen LogP contribution in [-0.2, 0) is 9.59 Å². The summed E-state index contributed by atoms with van der Waals surface area (Å²) in [6.07, 6.45) is 16.7. The maximum atomic E-state index is 11.8. The summed E-state index contributed by atoms with van der Waals surface area (Å²) in [7, 11) is 3.80. The van der Waals surface area contributed by atoms with E-state index >= 15 is 0 Å². The lowest BCUT2D eigenvalue weighted by molar-refractivity contribution is -0.883. The Hall–Kier alpha value is -1.36. The van der Waals surface area contributed by atoms with Crippen molar-refractivity contribution in [2.24, 2.45) is 0 Å². The van der Waals surface area contributed by atoms with Crippen LogP contribution < -0.4 is 5.32 Å². The fourth-order valence-electron chi connectivity index (χ4n) is 2.90. The van der Waals surface area contributed by atoms with Gasteiger partial charge in [0.25, 0.3) is 0 Å². The van der Waals surface area contributed by atoms with E-state index in [1.165, 1.54) is 44.9 Å². The SMILES string of the molecule is CCCCC=CCCCCCCCC(=O)NCCC[N+](C)(C)CC(=O)O. The van der Waals surface area contributed by atoms with Gasteiger partial charge in [0.1, 0.15) is 0 Å². The molecule has 0 aliphatic heterocycles. The van der Waals surface area contributed by atoms with Gasteiger partial charge in [0, 0.05) is 19.4 Å². The molecule has 0 aromatic heterocycles. The summed E-state index contributed by atoms with van der Waals surface area (Å²) in [5.41, 5.74) is 0. The number of allylic oxidation sites excluding steroid dienone is 2. The number of rotatable bonds is 17. The minimum absolute atomic E-state index is 0.114. The van der Waals surface area contributed by atoms with E-state index in [0.29, 0.717) is 17.4 Å². The second-order valence-electron chi connectivity index (χ2n) is 7.83.